The molecule has 0 aliphatic carbocycles. The molecule has 46 heavy (non-hydrogen) atoms. The molecule has 0 fully saturated rings. The standard InChI is InChI=1S/C37H42ClN3O4S/c1-26(2)23-39-37(43)35(22-30-9-7-6-8-10-30)40(24-31-14-11-27(3)12-15-31)36(42)25-41(33-18-13-28(4)29(5)21-33)46(44,45)34-19-16-32(38)17-20-34/h6-21,26,35H,22-25H2,1-5H3,(H,39,43)/t35-/m1/s1. The molecule has 0 spiro atoms. The Kier molecular flexibility index (Phi) is 11.7. The maximum Gasteiger partial charge on any atom is 0.264 e. The van der Waals surface area contributed by atoms with Gasteiger partial charge in [-0.1, -0.05) is 91.7 Å². The van der Waals surface area contributed by atoms with Crippen molar-refractivity contribution in [3.63, 3.8) is 0 Å². The lowest BCUT2D eigenvalue weighted by Gasteiger charge is -2.34. The highest BCUT2D eigenvalue weighted by Crippen LogP contribution is 2.27. The summed E-state index contributed by atoms with van der Waals surface area (Å²) in [6.45, 7) is 9.87. The van der Waals surface area contributed by atoms with Crippen LogP contribution in [0, 0.1) is 26.7 Å². The molecule has 1 atom stereocenters. The van der Waals surface area contributed by atoms with Crippen molar-refractivity contribution in [3.8, 4) is 0 Å². The molecule has 7 nitrogen and oxygen atoms in total. The van der Waals surface area contributed by atoms with Gasteiger partial charge in [-0.25, -0.2) is 8.42 Å². The fourth-order valence-corrected chi connectivity index (χ4v) is 6.54. The number of aryl methyl sites for hydroxylation is 3. The van der Waals surface area contributed by atoms with E-state index in [0.29, 0.717) is 17.3 Å². The summed E-state index contributed by atoms with van der Waals surface area (Å²) in [5.74, 6) is -0.597. The van der Waals surface area contributed by atoms with Crippen molar-refractivity contribution in [2.75, 3.05) is 17.4 Å². The van der Waals surface area contributed by atoms with Crippen LogP contribution in [0.3, 0.4) is 0 Å². The Morgan fingerprint density at radius 1 is 0.804 bits per heavy atom. The third-order valence-corrected chi connectivity index (χ3v) is 9.93. The second-order valence-corrected chi connectivity index (χ2v) is 14.4. The molecule has 9 heteroatoms. The SMILES string of the molecule is Cc1ccc(CN(C(=O)CN(c2ccc(C)c(C)c2)S(=O)(=O)c2ccc(Cl)cc2)[C@H](Cc2ccccc2)C(=O)NCC(C)C)cc1. The van der Waals surface area contributed by atoms with Gasteiger partial charge in [0.15, 0.2) is 0 Å². The molecule has 0 aliphatic heterocycles. The predicted molar refractivity (Wildman–Crippen MR) is 185 cm³/mol. The normalized spacial score (nSPS) is 12.1. The molecule has 0 unspecified atom stereocenters. The van der Waals surface area contributed by atoms with Crippen molar-refractivity contribution in [1.29, 1.82) is 0 Å². The van der Waals surface area contributed by atoms with Crippen LogP contribution in [-0.2, 0) is 32.6 Å². The van der Waals surface area contributed by atoms with E-state index in [2.05, 4.69) is 5.32 Å². The van der Waals surface area contributed by atoms with Crippen molar-refractivity contribution < 1.29 is 18.0 Å². The molecule has 4 rings (SSSR count). The summed E-state index contributed by atoms with van der Waals surface area (Å²) in [7, 11) is -4.21. The molecule has 0 aliphatic rings. The molecule has 0 saturated carbocycles. The van der Waals surface area contributed by atoms with Gasteiger partial charge in [-0.3, -0.25) is 13.9 Å². The first-order valence-corrected chi connectivity index (χ1v) is 17.2. The predicted octanol–water partition coefficient (Wildman–Crippen LogP) is 6.87. The molecular weight excluding hydrogens is 618 g/mol. The lowest BCUT2D eigenvalue weighted by molar-refractivity contribution is -0.140. The topological polar surface area (TPSA) is 86.8 Å². The van der Waals surface area contributed by atoms with Crippen LogP contribution < -0.4 is 9.62 Å². The summed E-state index contributed by atoms with van der Waals surface area (Å²) < 4.78 is 29.5. The summed E-state index contributed by atoms with van der Waals surface area (Å²) in [5.41, 5.74) is 5.00. The van der Waals surface area contributed by atoms with E-state index in [1.54, 1.807) is 12.1 Å². The minimum absolute atomic E-state index is 0.00326. The molecular formula is C37H42ClN3O4S. The van der Waals surface area contributed by atoms with Crippen LogP contribution in [0.4, 0.5) is 5.69 Å². The molecule has 242 valence electrons. The number of hydrogen-bond acceptors (Lipinski definition) is 4. The van der Waals surface area contributed by atoms with E-state index in [-0.39, 0.29) is 29.7 Å². The zero-order valence-electron chi connectivity index (χ0n) is 27.0. The van der Waals surface area contributed by atoms with E-state index < -0.39 is 28.5 Å². The Morgan fingerprint density at radius 3 is 2.07 bits per heavy atom. The van der Waals surface area contributed by atoms with E-state index in [9.17, 15) is 18.0 Å². The first kappa shape index (κ1) is 34.7. The van der Waals surface area contributed by atoms with Crippen molar-refractivity contribution in [1.82, 2.24) is 10.2 Å². The zero-order chi connectivity index (χ0) is 33.4. The van der Waals surface area contributed by atoms with Crippen molar-refractivity contribution in [3.05, 3.63) is 130 Å². The number of halogens is 1. The maximum absolute atomic E-state index is 14.6. The largest absolute Gasteiger partial charge is 0.354 e. The van der Waals surface area contributed by atoms with Crippen LogP contribution in [-0.4, -0.2) is 44.3 Å². The molecule has 0 heterocycles. The number of rotatable bonds is 13. The molecule has 1 N–H and O–H groups in total. The fourth-order valence-electron chi connectivity index (χ4n) is 5.01. The van der Waals surface area contributed by atoms with E-state index >= 15 is 0 Å². The van der Waals surface area contributed by atoms with Gasteiger partial charge in [-0.15, -0.1) is 0 Å². The number of anilines is 1. The lowest BCUT2D eigenvalue weighted by Crippen LogP contribution is -2.53. The third-order valence-electron chi connectivity index (χ3n) is 7.89. The van der Waals surface area contributed by atoms with Gasteiger partial charge in [0.05, 0.1) is 10.6 Å². The van der Waals surface area contributed by atoms with Crippen LogP contribution in [0.15, 0.2) is 102 Å². The van der Waals surface area contributed by atoms with Crippen molar-refractivity contribution in [2.24, 2.45) is 5.92 Å². The number of nitrogens with one attached hydrogen (secondary N) is 1. The average Bonchev–Trinajstić information content (AvgIpc) is 3.03. The molecule has 4 aromatic rings. The zero-order valence-corrected chi connectivity index (χ0v) is 28.6. The number of hydrogen-bond donors (Lipinski definition) is 1. The van der Waals surface area contributed by atoms with Crippen LogP contribution in [0.2, 0.25) is 5.02 Å². The number of carbonyl (C=O) groups excluding carboxylic acids is 2. The Morgan fingerprint density at radius 2 is 1.46 bits per heavy atom. The van der Waals surface area contributed by atoms with Crippen LogP contribution in [0.5, 0.6) is 0 Å². The van der Waals surface area contributed by atoms with Gasteiger partial charge in [-0.05, 0) is 85.3 Å². The van der Waals surface area contributed by atoms with Gasteiger partial charge in [0.25, 0.3) is 10.0 Å². The van der Waals surface area contributed by atoms with E-state index in [4.69, 9.17) is 11.6 Å². The highest BCUT2D eigenvalue weighted by Gasteiger charge is 2.34. The molecule has 0 bridgehead atoms. The van der Waals surface area contributed by atoms with Crippen LogP contribution in [0.1, 0.15) is 41.7 Å². The molecule has 4 aromatic carbocycles. The summed E-state index contributed by atoms with van der Waals surface area (Å²) >= 11 is 6.08. The Hall–Kier alpha value is -4.14. The first-order valence-electron chi connectivity index (χ1n) is 15.4. The first-order chi connectivity index (χ1) is 21.8. The quantitative estimate of drug-likeness (QED) is 0.170. The second-order valence-electron chi connectivity index (χ2n) is 12.1. The van der Waals surface area contributed by atoms with Crippen LogP contribution in [0.25, 0.3) is 0 Å². The van der Waals surface area contributed by atoms with Crippen molar-refractivity contribution in [2.45, 2.75) is 58.5 Å². The van der Waals surface area contributed by atoms with Gasteiger partial charge in [0, 0.05) is 24.5 Å². The maximum atomic E-state index is 14.6. The van der Waals surface area contributed by atoms with Crippen molar-refractivity contribution >= 4 is 39.1 Å². The van der Waals surface area contributed by atoms with Crippen LogP contribution >= 0.6 is 11.6 Å². The smallest absolute Gasteiger partial charge is 0.264 e. The molecule has 0 saturated heterocycles. The molecule has 2 amide bonds. The molecule has 0 aromatic heterocycles. The van der Waals surface area contributed by atoms with Gasteiger partial charge in [0.2, 0.25) is 11.8 Å². The Bertz CT molecular complexity index is 1740. The Labute approximate surface area is 278 Å². The fraction of sp³-hybridized carbons (Fsp3) is 0.297. The summed E-state index contributed by atoms with van der Waals surface area (Å²) in [4.78, 5) is 30.0. The molecule has 0 radical (unpaired) electrons. The minimum Gasteiger partial charge on any atom is -0.354 e. The summed E-state index contributed by atoms with van der Waals surface area (Å²) in [5, 5.41) is 3.41. The number of benzene rings is 4. The van der Waals surface area contributed by atoms with Gasteiger partial charge in [-0.2, -0.15) is 0 Å². The minimum atomic E-state index is -4.21. The van der Waals surface area contributed by atoms with E-state index in [0.717, 1.165) is 32.1 Å². The summed E-state index contributed by atoms with van der Waals surface area (Å²) in [6, 6.07) is 27.6. The number of amides is 2. The highest BCUT2D eigenvalue weighted by atomic mass is 35.5. The monoisotopic (exact) mass is 659 g/mol. The third kappa shape index (κ3) is 8.98. The Balaban J connectivity index is 1.81. The van der Waals surface area contributed by atoms with Gasteiger partial charge in [0.1, 0.15) is 12.6 Å². The van der Waals surface area contributed by atoms with Gasteiger partial charge < -0.3 is 10.2 Å². The lowest BCUT2D eigenvalue weighted by atomic mass is 10.0. The number of carbonyl (C=O) groups is 2. The van der Waals surface area contributed by atoms with E-state index in [1.165, 1.54) is 29.2 Å². The second kappa shape index (κ2) is 15.4. The summed E-state index contributed by atoms with van der Waals surface area (Å²) in [6.07, 6.45) is 0.260. The van der Waals surface area contributed by atoms with E-state index in [1.807, 2.05) is 95.3 Å². The van der Waals surface area contributed by atoms with Gasteiger partial charge >= 0.3 is 0 Å². The average molecular weight is 660 g/mol. The highest BCUT2D eigenvalue weighted by molar-refractivity contribution is 7.92. The number of nitrogens with zero attached hydrogens (tertiary/aromatic N) is 2. The number of sulfonamides is 1.